The van der Waals surface area contributed by atoms with Gasteiger partial charge in [-0.15, -0.1) is 0 Å². The summed E-state index contributed by atoms with van der Waals surface area (Å²) in [5.74, 6) is 6.50. The third kappa shape index (κ3) is 7.58. The molecule has 0 aromatic carbocycles. The van der Waals surface area contributed by atoms with Crippen molar-refractivity contribution in [3.05, 3.63) is 18.3 Å². The second-order valence-corrected chi connectivity index (χ2v) is 3.59. The van der Waals surface area contributed by atoms with Gasteiger partial charge in [0.05, 0.1) is 33.0 Å². The van der Waals surface area contributed by atoms with Gasteiger partial charge >= 0.3 is 0 Å². The molecule has 1 aromatic rings. The highest BCUT2D eigenvalue weighted by molar-refractivity contribution is 5.39. The molecule has 0 radical (unpaired) electrons. The van der Waals surface area contributed by atoms with Crippen LogP contribution in [-0.2, 0) is 14.2 Å². The molecule has 0 bridgehead atoms. The second kappa shape index (κ2) is 10.5. The van der Waals surface area contributed by atoms with Crippen LogP contribution in [0.4, 0.5) is 5.82 Å². The van der Waals surface area contributed by atoms with Crippen molar-refractivity contribution in [2.24, 2.45) is 5.84 Å². The minimum Gasteiger partial charge on any atom is -0.491 e. The molecule has 7 heteroatoms. The molecule has 0 fully saturated rings. The lowest BCUT2D eigenvalue weighted by atomic mass is 10.4. The van der Waals surface area contributed by atoms with Crippen molar-refractivity contribution < 1.29 is 18.9 Å². The first-order chi connectivity index (χ1) is 9.36. The van der Waals surface area contributed by atoms with Gasteiger partial charge in [0, 0.05) is 19.4 Å². The smallest absolute Gasteiger partial charge is 0.143 e. The molecule has 0 aliphatic heterocycles. The number of anilines is 1. The third-order valence-electron chi connectivity index (χ3n) is 2.18. The zero-order chi connectivity index (χ0) is 13.8. The monoisotopic (exact) mass is 271 g/mol. The number of aromatic nitrogens is 1. The SMILES string of the molecule is COCCOCCOCCOc1ccnc(NN)c1. The summed E-state index contributed by atoms with van der Waals surface area (Å²) in [4.78, 5) is 3.98. The Kier molecular flexibility index (Phi) is 8.65. The number of nitrogens with zero attached hydrogens (tertiary/aromatic N) is 1. The van der Waals surface area contributed by atoms with Crippen LogP contribution in [0.5, 0.6) is 5.75 Å². The number of rotatable bonds is 11. The maximum absolute atomic E-state index is 5.47. The maximum atomic E-state index is 5.47. The average molecular weight is 271 g/mol. The quantitative estimate of drug-likeness (QED) is 0.343. The summed E-state index contributed by atoms with van der Waals surface area (Å²) in [7, 11) is 1.64. The Bertz CT molecular complexity index is 339. The van der Waals surface area contributed by atoms with E-state index < -0.39 is 0 Å². The van der Waals surface area contributed by atoms with Crippen LogP contribution in [0, 0.1) is 0 Å². The number of nitrogens with one attached hydrogen (secondary N) is 1. The van der Waals surface area contributed by atoms with Crippen molar-refractivity contribution in [2.45, 2.75) is 0 Å². The first-order valence-electron chi connectivity index (χ1n) is 6.06. The van der Waals surface area contributed by atoms with E-state index in [0.717, 1.165) is 0 Å². The number of hydrogen-bond donors (Lipinski definition) is 2. The van der Waals surface area contributed by atoms with Crippen molar-refractivity contribution in [3.63, 3.8) is 0 Å². The van der Waals surface area contributed by atoms with E-state index >= 15 is 0 Å². The molecular weight excluding hydrogens is 250 g/mol. The highest BCUT2D eigenvalue weighted by Gasteiger charge is 1.96. The van der Waals surface area contributed by atoms with E-state index in [-0.39, 0.29) is 0 Å². The van der Waals surface area contributed by atoms with Crippen LogP contribution >= 0.6 is 0 Å². The summed E-state index contributed by atoms with van der Waals surface area (Å²) in [6.07, 6.45) is 1.62. The van der Waals surface area contributed by atoms with Crippen molar-refractivity contribution in [3.8, 4) is 5.75 Å². The molecule has 0 unspecified atom stereocenters. The Hall–Kier alpha value is -1.41. The van der Waals surface area contributed by atoms with Crippen LogP contribution in [-0.4, -0.2) is 51.7 Å². The molecule has 0 amide bonds. The van der Waals surface area contributed by atoms with Crippen LogP contribution in [0.2, 0.25) is 0 Å². The average Bonchev–Trinajstić information content (AvgIpc) is 2.46. The first-order valence-corrected chi connectivity index (χ1v) is 6.06. The van der Waals surface area contributed by atoms with Gasteiger partial charge in [0.1, 0.15) is 18.2 Å². The predicted octanol–water partition coefficient (Wildman–Crippen LogP) is 0.426. The molecule has 0 saturated carbocycles. The van der Waals surface area contributed by atoms with Gasteiger partial charge in [0.25, 0.3) is 0 Å². The Balaban J connectivity index is 1.98. The fraction of sp³-hybridized carbons (Fsp3) is 0.583. The van der Waals surface area contributed by atoms with E-state index in [0.29, 0.717) is 51.2 Å². The summed E-state index contributed by atoms with van der Waals surface area (Å²) in [5.41, 5.74) is 2.45. The van der Waals surface area contributed by atoms with Crippen LogP contribution in [0.15, 0.2) is 18.3 Å². The largest absolute Gasteiger partial charge is 0.491 e. The first kappa shape index (κ1) is 15.6. The zero-order valence-electron chi connectivity index (χ0n) is 11.1. The lowest BCUT2D eigenvalue weighted by molar-refractivity contribution is 0.0180. The van der Waals surface area contributed by atoms with E-state index in [1.807, 2.05) is 0 Å². The zero-order valence-corrected chi connectivity index (χ0v) is 11.1. The molecule has 3 N–H and O–H groups in total. The second-order valence-electron chi connectivity index (χ2n) is 3.59. The highest BCUT2D eigenvalue weighted by Crippen LogP contribution is 2.13. The maximum Gasteiger partial charge on any atom is 0.143 e. The molecule has 1 heterocycles. The number of ether oxygens (including phenoxy) is 4. The fourth-order valence-corrected chi connectivity index (χ4v) is 1.26. The molecule has 0 atom stereocenters. The summed E-state index contributed by atoms with van der Waals surface area (Å²) in [5, 5.41) is 0. The predicted molar refractivity (Wildman–Crippen MR) is 71.1 cm³/mol. The number of pyridine rings is 1. The van der Waals surface area contributed by atoms with Crippen LogP contribution in [0.3, 0.4) is 0 Å². The van der Waals surface area contributed by atoms with Crippen molar-refractivity contribution >= 4 is 5.82 Å². The molecule has 0 spiro atoms. The molecule has 7 nitrogen and oxygen atoms in total. The number of methoxy groups -OCH3 is 1. The lowest BCUT2D eigenvalue weighted by Gasteiger charge is -2.08. The molecule has 1 rings (SSSR count). The standard InChI is InChI=1S/C12H21N3O4/c1-16-4-5-17-6-7-18-8-9-19-11-2-3-14-12(10-11)15-13/h2-3,10H,4-9,13H2,1H3,(H,14,15). The van der Waals surface area contributed by atoms with Crippen molar-refractivity contribution in [1.82, 2.24) is 4.98 Å². The van der Waals surface area contributed by atoms with Crippen LogP contribution < -0.4 is 16.0 Å². The Morgan fingerprint density at radius 1 is 1.11 bits per heavy atom. The molecule has 0 aliphatic rings. The molecular formula is C12H21N3O4. The molecule has 0 saturated heterocycles. The normalized spacial score (nSPS) is 10.4. The number of nitrogens with two attached hydrogens (primary N) is 1. The minimum atomic E-state index is 0.464. The summed E-state index contributed by atoms with van der Waals surface area (Å²) in [6, 6.07) is 3.47. The van der Waals surface area contributed by atoms with Gasteiger partial charge in [-0.3, -0.25) is 0 Å². The minimum absolute atomic E-state index is 0.464. The van der Waals surface area contributed by atoms with Gasteiger partial charge in [-0.2, -0.15) is 0 Å². The van der Waals surface area contributed by atoms with E-state index in [4.69, 9.17) is 24.8 Å². The number of hydrogen-bond acceptors (Lipinski definition) is 7. The van der Waals surface area contributed by atoms with Gasteiger partial charge < -0.3 is 24.4 Å². The number of hydrazine groups is 1. The van der Waals surface area contributed by atoms with Gasteiger partial charge in [0.2, 0.25) is 0 Å². The Labute approximate surface area is 113 Å². The molecule has 19 heavy (non-hydrogen) atoms. The Morgan fingerprint density at radius 3 is 2.47 bits per heavy atom. The third-order valence-corrected chi connectivity index (χ3v) is 2.18. The van der Waals surface area contributed by atoms with Crippen molar-refractivity contribution in [2.75, 3.05) is 52.2 Å². The van der Waals surface area contributed by atoms with E-state index in [1.54, 1.807) is 25.4 Å². The summed E-state index contributed by atoms with van der Waals surface area (Å²) >= 11 is 0. The topological polar surface area (TPSA) is 87.9 Å². The molecule has 0 aliphatic carbocycles. The van der Waals surface area contributed by atoms with E-state index in [2.05, 4.69) is 10.4 Å². The molecule has 108 valence electrons. The van der Waals surface area contributed by atoms with Gasteiger partial charge in [-0.1, -0.05) is 0 Å². The lowest BCUT2D eigenvalue weighted by Crippen LogP contribution is -2.12. The van der Waals surface area contributed by atoms with Crippen LogP contribution in [0.25, 0.3) is 0 Å². The van der Waals surface area contributed by atoms with Crippen LogP contribution in [0.1, 0.15) is 0 Å². The van der Waals surface area contributed by atoms with Gasteiger partial charge in [-0.25, -0.2) is 10.8 Å². The van der Waals surface area contributed by atoms with Crippen molar-refractivity contribution in [1.29, 1.82) is 0 Å². The summed E-state index contributed by atoms with van der Waals surface area (Å²) in [6.45, 7) is 3.25. The van der Waals surface area contributed by atoms with Gasteiger partial charge in [0.15, 0.2) is 0 Å². The fourth-order valence-electron chi connectivity index (χ4n) is 1.26. The number of nitrogen functional groups attached to an aromatic ring is 1. The van der Waals surface area contributed by atoms with Gasteiger partial charge in [-0.05, 0) is 6.07 Å². The highest BCUT2D eigenvalue weighted by atomic mass is 16.6. The molecule has 1 aromatic heterocycles. The van der Waals surface area contributed by atoms with E-state index in [1.165, 1.54) is 0 Å². The summed E-state index contributed by atoms with van der Waals surface area (Å²) < 4.78 is 20.9. The Morgan fingerprint density at radius 2 is 1.79 bits per heavy atom. The van der Waals surface area contributed by atoms with E-state index in [9.17, 15) is 0 Å².